The number of pyridine rings is 1. The molecule has 5 rings (SSSR count). The van der Waals surface area contributed by atoms with Gasteiger partial charge < -0.3 is 9.73 Å². The highest BCUT2D eigenvalue weighted by Gasteiger charge is 2.34. The van der Waals surface area contributed by atoms with Gasteiger partial charge in [0.05, 0.1) is 18.3 Å². The van der Waals surface area contributed by atoms with Crippen LogP contribution in [0.1, 0.15) is 28.5 Å². The summed E-state index contributed by atoms with van der Waals surface area (Å²) in [5.74, 6) is -0.0644. The number of carbonyl (C=O) groups excluding carboxylic acids is 2. The van der Waals surface area contributed by atoms with Crippen LogP contribution in [-0.4, -0.2) is 31.8 Å². The molecule has 1 N–H and O–H groups in total. The van der Waals surface area contributed by atoms with Crippen LogP contribution >= 0.6 is 0 Å². The molecule has 2 amide bonds. The van der Waals surface area contributed by atoms with Crippen molar-refractivity contribution in [3.63, 3.8) is 0 Å². The zero-order valence-corrected chi connectivity index (χ0v) is 20.5. The second-order valence-electron chi connectivity index (χ2n) is 8.70. The van der Waals surface area contributed by atoms with Gasteiger partial charge in [-0.05, 0) is 61.4 Å². The number of anilines is 1. The summed E-state index contributed by atoms with van der Waals surface area (Å²) in [6.07, 6.45) is 4.79. The highest BCUT2D eigenvalue weighted by atomic mass is 16.3. The van der Waals surface area contributed by atoms with Crippen molar-refractivity contribution >= 4 is 28.5 Å². The maximum absolute atomic E-state index is 14.1. The fourth-order valence-electron chi connectivity index (χ4n) is 4.29. The van der Waals surface area contributed by atoms with Crippen LogP contribution in [0.3, 0.4) is 0 Å². The minimum Gasteiger partial charge on any atom is -0.467 e. The summed E-state index contributed by atoms with van der Waals surface area (Å²) in [5, 5.41) is 11.3. The van der Waals surface area contributed by atoms with Gasteiger partial charge in [-0.15, -0.1) is 5.10 Å². The van der Waals surface area contributed by atoms with Crippen LogP contribution in [0.4, 0.5) is 5.69 Å². The second kappa shape index (κ2) is 10.4. The lowest BCUT2D eigenvalue weighted by Gasteiger charge is -2.32. The SMILES string of the molecule is Cc1cccc(N(C(=O)Cn2nnc3ccccc32)[C@@H](C(=O)NCc2ccco2)c2cccnc2)c1C. The fourth-order valence-corrected chi connectivity index (χ4v) is 4.29. The molecular weight excluding hydrogens is 468 g/mol. The molecule has 37 heavy (non-hydrogen) atoms. The van der Waals surface area contributed by atoms with Gasteiger partial charge in [0.15, 0.2) is 0 Å². The molecule has 3 aromatic heterocycles. The van der Waals surface area contributed by atoms with E-state index in [0.717, 1.165) is 16.6 Å². The Morgan fingerprint density at radius 1 is 1.03 bits per heavy atom. The Morgan fingerprint density at radius 2 is 1.89 bits per heavy atom. The number of nitrogens with one attached hydrogen (secondary N) is 1. The summed E-state index contributed by atoms with van der Waals surface area (Å²) in [4.78, 5) is 33.6. The van der Waals surface area contributed by atoms with Gasteiger partial charge in [0.1, 0.15) is 23.9 Å². The third-order valence-electron chi connectivity index (χ3n) is 6.33. The number of amides is 2. The van der Waals surface area contributed by atoms with Gasteiger partial charge in [0.2, 0.25) is 11.8 Å². The number of carbonyl (C=O) groups is 2. The number of rotatable bonds is 8. The Kier molecular flexibility index (Phi) is 6.76. The van der Waals surface area contributed by atoms with Crippen molar-refractivity contribution in [1.82, 2.24) is 25.3 Å². The summed E-state index contributed by atoms with van der Waals surface area (Å²) < 4.78 is 6.93. The molecule has 186 valence electrons. The van der Waals surface area contributed by atoms with Crippen LogP contribution in [0.5, 0.6) is 0 Å². The van der Waals surface area contributed by atoms with E-state index in [-0.39, 0.29) is 24.9 Å². The predicted molar refractivity (Wildman–Crippen MR) is 138 cm³/mol. The maximum atomic E-state index is 14.1. The van der Waals surface area contributed by atoms with Crippen molar-refractivity contribution in [3.8, 4) is 0 Å². The molecule has 3 heterocycles. The molecular formula is C28H26N6O3. The van der Waals surface area contributed by atoms with E-state index in [1.807, 2.05) is 56.3 Å². The zero-order valence-electron chi connectivity index (χ0n) is 20.5. The Balaban J connectivity index is 1.58. The van der Waals surface area contributed by atoms with Gasteiger partial charge in [-0.2, -0.15) is 0 Å². The largest absolute Gasteiger partial charge is 0.467 e. The van der Waals surface area contributed by atoms with Gasteiger partial charge in [0, 0.05) is 23.6 Å². The van der Waals surface area contributed by atoms with Crippen molar-refractivity contribution in [2.75, 3.05) is 4.90 Å². The molecule has 0 aliphatic carbocycles. The molecule has 0 radical (unpaired) electrons. The van der Waals surface area contributed by atoms with E-state index in [2.05, 4.69) is 20.6 Å². The van der Waals surface area contributed by atoms with E-state index in [9.17, 15) is 9.59 Å². The van der Waals surface area contributed by atoms with Gasteiger partial charge in [-0.3, -0.25) is 19.5 Å². The highest BCUT2D eigenvalue weighted by Crippen LogP contribution is 2.32. The Morgan fingerprint density at radius 3 is 2.68 bits per heavy atom. The molecule has 9 nitrogen and oxygen atoms in total. The minimum absolute atomic E-state index is 0.101. The first-order chi connectivity index (χ1) is 18.0. The van der Waals surface area contributed by atoms with Gasteiger partial charge in [-0.1, -0.05) is 35.5 Å². The van der Waals surface area contributed by atoms with E-state index in [0.29, 0.717) is 22.5 Å². The van der Waals surface area contributed by atoms with Crippen LogP contribution in [0.15, 0.2) is 89.8 Å². The molecule has 0 fully saturated rings. The third-order valence-corrected chi connectivity index (χ3v) is 6.33. The summed E-state index contributed by atoms with van der Waals surface area (Å²) in [6, 6.07) is 19.2. The number of fused-ring (bicyclic) bond motifs is 1. The van der Waals surface area contributed by atoms with Crippen molar-refractivity contribution in [2.24, 2.45) is 0 Å². The molecule has 0 saturated carbocycles. The van der Waals surface area contributed by atoms with Crippen molar-refractivity contribution in [1.29, 1.82) is 0 Å². The van der Waals surface area contributed by atoms with Crippen LogP contribution in [0, 0.1) is 13.8 Å². The predicted octanol–water partition coefficient (Wildman–Crippen LogP) is 4.13. The van der Waals surface area contributed by atoms with Gasteiger partial charge in [-0.25, -0.2) is 4.68 Å². The molecule has 0 aliphatic rings. The van der Waals surface area contributed by atoms with Gasteiger partial charge in [0.25, 0.3) is 0 Å². The van der Waals surface area contributed by atoms with Crippen LogP contribution in [0.25, 0.3) is 11.0 Å². The molecule has 0 unspecified atom stereocenters. The molecule has 9 heteroatoms. The lowest BCUT2D eigenvalue weighted by molar-refractivity contribution is -0.127. The Hall–Kier alpha value is -4.79. The average Bonchev–Trinajstić information content (AvgIpc) is 3.59. The monoisotopic (exact) mass is 494 g/mol. The molecule has 2 aromatic carbocycles. The van der Waals surface area contributed by atoms with Crippen LogP contribution < -0.4 is 10.2 Å². The molecule has 0 bridgehead atoms. The molecule has 0 spiro atoms. The number of aromatic nitrogens is 4. The highest BCUT2D eigenvalue weighted by molar-refractivity contribution is 6.02. The third kappa shape index (κ3) is 4.97. The van der Waals surface area contributed by atoms with E-state index < -0.39 is 6.04 Å². The number of nitrogens with zero attached hydrogens (tertiary/aromatic N) is 5. The normalized spacial score (nSPS) is 11.8. The topological polar surface area (TPSA) is 106 Å². The summed E-state index contributed by atoms with van der Waals surface area (Å²) in [5.41, 5.74) is 4.54. The number of benzene rings is 2. The number of hydrogen-bond donors (Lipinski definition) is 1. The smallest absolute Gasteiger partial charge is 0.249 e. The lowest BCUT2D eigenvalue weighted by Crippen LogP contribution is -2.45. The Labute approximate surface area is 213 Å². The molecule has 5 aromatic rings. The lowest BCUT2D eigenvalue weighted by atomic mass is 10.0. The summed E-state index contributed by atoms with van der Waals surface area (Å²) in [7, 11) is 0. The van der Waals surface area contributed by atoms with E-state index in [4.69, 9.17) is 4.42 Å². The first-order valence-corrected chi connectivity index (χ1v) is 11.9. The second-order valence-corrected chi connectivity index (χ2v) is 8.70. The van der Waals surface area contributed by atoms with E-state index >= 15 is 0 Å². The summed E-state index contributed by atoms with van der Waals surface area (Å²) >= 11 is 0. The van der Waals surface area contributed by atoms with E-state index in [1.54, 1.807) is 47.6 Å². The van der Waals surface area contributed by atoms with Crippen LogP contribution in [0.2, 0.25) is 0 Å². The quantitative estimate of drug-likeness (QED) is 0.348. The molecule has 1 atom stereocenters. The van der Waals surface area contributed by atoms with Crippen molar-refractivity contribution < 1.29 is 14.0 Å². The van der Waals surface area contributed by atoms with E-state index in [1.165, 1.54) is 4.90 Å². The number of furan rings is 1. The zero-order chi connectivity index (χ0) is 25.8. The van der Waals surface area contributed by atoms with Gasteiger partial charge >= 0.3 is 0 Å². The first kappa shape index (κ1) is 23.9. The minimum atomic E-state index is -0.980. The number of hydrogen-bond acceptors (Lipinski definition) is 6. The molecule has 0 aliphatic heterocycles. The standard InChI is InChI=1S/C28H26N6O3/c1-19-8-5-13-24(20(19)2)34(26(35)18-33-25-12-4-3-11-23(25)31-32-33)27(21-9-6-14-29-16-21)28(36)30-17-22-10-7-15-37-22/h3-16,27H,17-18H2,1-2H3,(H,30,36)/t27-/m1/s1. The first-order valence-electron chi connectivity index (χ1n) is 11.9. The Bertz CT molecular complexity index is 1530. The summed E-state index contributed by atoms with van der Waals surface area (Å²) in [6.45, 7) is 4.00. The van der Waals surface area contributed by atoms with Crippen molar-refractivity contribution in [2.45, 2.75) is 33.0 Å². The van der Waals surface area contributed by atoms with Crippen molar-refractivity contribution in [3.05, 3.63) is 108 Å². The maximum Gasteiger partial charge on any atom is 0.249 e. The van der Waals surface area contributed by atoms with Crippen LogP contribution in [-0.2, 0) is 22.7 Å². The molecule has 0 saturated heterocycles. The fraction of sp³-hybridized carbons (Fsp3) is 0.179. The number of para-hydroxylation sites is 1. The average molecular weight is 495 g/mol. The number of aryl methyl sites for hydroxylation is 1.